The van der Waals surface area contributed by atoms with E-state index in [1.54, 1.807) is 7.11 Å². The lowest BCUT2D eigenvalue weighted by Crippen LogP contribution is -2.50. The van der Waals surface area contributed by atoms with Crippen LogP contribution in [-0.2, 0) is 4.79 Å². The maximum absolute atomic E-state index is 13.2. The Morgan fingerprint density at radius 1 is 1.00 bits per heavy atom. The summed E-state index contributed by atoms with van der Waals surface area (Å²) in [5.74, 6) is 1.11. The third kappa shape index (κ3) is 4.54. The number of hydrogen-bond acceptors (Lipinski definition) is 5. The standard InChI is InChI=1S/C23H29N3O2S/c1-18-11-12-26(20-8-4-6-10-22(20)29-18)23(27)17-24-13-15-25(16-14-24)19-7-3-5-9-21(19)28-2/h3-10,18H,11-17H2,1-2H3/t18-/m1/s1. The highest BCUT2D eigenvalue weighted by Gasteiger charge is 2.27. The molecule has 1 atom stereocenters. The molecular formula is C23H29N3O2S. The molecular weight excluding hydrogens is 382 g/mol. The Balaban J connectivity index is 1.39. The second-order valence-corrected chi connectivity index (χ2v) is 9.15. The smallest absolute Gasteiger partial charge is 0.241 e. The van der Waals surface area contributed by atoms with Crippen molar-refractivity contribution in [2.24, 2.45) is 0 Å². The highest BCUT2D eigenvalue weighted by atomic mass is 32.2. The average Bonchev–Trinajstić information content (AvgIpc) is 2.92. The molecule has 154 valence electrons. The van der Waals surface area contributed by atoms with Crippen LogP contribution >= 0.6 is 11.8 Å². The van der Waals surface area contributed by atoms with Crippen LogP contribution < -0.4 is 14.5 Å². The van der Waals surface area contributed by atoms with Gasteiger partial charge in [-0.15, -0.1) is 11.8 Å². The summed E-state index contributed by atoms with van der Waals surface area (Å²) in [6, 6.07) is 16.4. The lowest BCUT2D eigenvalue weighted by atomic mass is 10.2. The predicted octanol–water partition coefficient (Wildman–Crippen LogP) is 3.73. The van der Waals surface area contributed by atoms with E-state index >= 15 is 0 Å². The van der Waals surface area contributed by atoms with Crippen molar-refractivity contribution in [3.63, 3.8) is 0 Å². The van der Waals surface area contributed by atoms with Crippen LogP contribution in [0.1, 0.15) is 13.3 Å². The number of carbonyl (C=O) groups excluding carboxylic acids is 1. The van der Waals surface area contributed by atoms with Crippen molar-refractivity contribution in [1.82, 2.24) is 4.90 Å². The number of anilines is 2. The number of nitrogens with zero attached hydrogens (tertiary/aromatic N) is 3. The largest absolute Gasteiger partial charge is 0.495 e. The molecule has 0 unspecified atom stereocenters. The van der Waals surface area contributed by atoms with Crippen LogP contribution in [0.5, 0.6) is 5.75 Å². The molecule has 0 bridgehead atoms. The molecule has 1 saturated heterocycles. The molecule has 0 aromatic heterocycles. The Morgan fingerprint density at radius 2 is 1.69 bits per heavy atom. The molecule has 2 aliphatic heterocycles. The molecule has 29 heavy (non-hydrogen) atoms. The highest BCUT2D eigenvalue weighted by molar-refractivity contribution is 8.00. The second-order valence-electron chi connectivity index (χ2n) is 7.67. The Kier molecular flexibility index (Phi) is 6.31. The van der Waals surface area contributed by atoms with Crippen molar-refractivity contribution in [3.8, 4) is 5.75 Å². The average molecular weight is 412 g/mol. The zero-order valence-electron chi connectivity index (χ0n) is 17.2. The summed E-state index contributed by atoms with van der Waals surface area (Å²) in [4.78, 5) is 21.0. The number of ether oxygens (including phenoxy) is 1. The molecule has 2 aromatic rings. The van der Waals surface area contributed by atoms with Gasteiger partial charge in [0.05, 0.1) is 25.0 Å². The van der Waals surface area contributed by atoms with Crippen LogP contribution in [0.2, 0.25) is 0 Å². The number of benzene rings is 2. The Hall–Kier alpha value is -2.18. The van der Waals surface area contributed by atoms with Crippen molar-refractivity contribution in [1.29, 1.82) is 0 Å². The predicted molar refractivity (Wildman–Crippen MR) is 120 cm³/mol. The summed E-state index contributed by atoms with van der Waals surface area (Å²) in [7, 11) is 1.71. The fraction of sp³-hybridized carbons (Fsp3) is 0.435. The van der Waals surface area contributed by atoms with Gasteiger partial charge in [-0.25, -0.2) is 0 Å². The quantitative estimate of drug-likeness (QED) is 0.766. The Labute approximate surface area is 177 Å². The van der Waals surface area contributed by atoms with E-state index in [9.17, 15) is 4.79 Å². The van der Waals surface area contributed by atoms with Crippen molar-refractivity contribution in [2.75, 3.05) is 56.2 Å². The lowest BCUT2D eigenvalue weighted by molar-refractivity contribution is -0.119. The second kappa shape index (κ2) is 9.09. The molecule has 6 heteroatoms. The molecule has 0 spiro atoms. The van der Waals surface area contributed by atoms with Crippen LogP contribution in [-0.4, -0.2) is 62.4 Å². The van der Waals surface area contributed by atoms with E-state index in [2.05, 4.69) is 41.0 Å². The Morgan fingerprint density at radius 3 is 2.45 bits per heavy atom. The minimum Gasteiger partial charge on any atom is -0.495 e. The number of fused-ring (bicyclic) bond motifs is 1. The normalized spacial score (nSPS) is 20.1. The van der Waals surface area contributed by atoms with Crippen molar-refractivity contribution >= 4 is 29.0 Å². The number of methoxy groups -OCH3 is 1. The fourth-order valence-electron chi connectivity index (χ4n) is 4.06. The number of piperazine rings is 1. The number of hydrogen-bond donors (Lipinski definition) is 0. The molecule has 2 aromatic carbocycles. The summed E-state index contributed by atoms with van der Waals surface area (Å²) in [5, 5.41) is 0.526. The van der Waals surface area contributed by atoms with Crippen molar-refractivity contribution in [3.05, 3.63) is 48.5 Å². The molecule has 1 fully saturated rings. The van der Waals surface area contributed by atoms with Crippen molar-refractivity contribution < 1.29 is 9.53 Å². The first kappa shape index (κ1) is 20.1. The first-order chi connectivity index (χ1) is 14.2. The summed E-state index contributed by atoms with van der Waals surface area (Å²) in [6.45, 7) is 7.08. The highest BCUT2D eigenvalue weighted by Crippen LogP contribution is 2.37. The lowest BCUT2D eigenvalue weighted by Gasteiger charge is -2.37. The van der Waals surface area contributed by atoms with E-state index in [0.717, 1.165) is 56.3 Å². The molecule has 0 saturated carbocycles. The van der Waals surface area contributed by atoms with Gasteiger partial charge in [-0.3, -0.25) is 9.69 Å². The van der Waals surface area contributed by atoms with Gasteiger partial charge in [0.2, 0.25) is 5.91 Å². The molecule has 0 aliphatic carbocycles. The van der Waals surface area contributed by atoms with Gasteiger partial charge in [-0.1, -0.05) is 31.2 Å². The van der Waals surface area contributed by atoms with Gasteiger partial charge in [0.25, 0.3) is 0 Å². The maximum Gasteiger partial charge on any atom is 0.241 e. The van der Waals surface area contributed by atoms with Gasteiger partial charge in [-0.05, 0) is 30.7 Å². The molecule has 4 rings (SSSR count). The van der Waals surface area contributed by atoms with E-state index < -0.39 is 0 Å². The van der Waals surface area contributed by atoms with Gasteiger partial charge in [0, 0.05) is 42.9 Å². The fourth-order valence-corrected chi connectivity index (χ4v) is 5.17. The number of carbonyl (C=O) groups is 1. The zero-order chi connectivity index (χ0) is 20.2. The maximum atomic E-state index is 13.2. The third-order valence-electron chi connectivity index (χ3n) is 5.70. The molecule has 2 aliphatic rings. The molecule has 2 heterocycles. The first-order valence-corrected chi connectivity index (χ1v) is 11.2. The van der Waals surface area contributed by atoms with E-state index in [-0.39, 0.29) is 5.91 Å². The number of para-hydroxylation sites is 3. The SMILES string of the molecule is COc1ccccc1N1CCN(CC(=O)N2CC[C@@H](C)Sc3ccccc32)CC1. The minimum absolute atomic E-state index is 0.206. The summed E-state index contributed by atoms with van der Waals surface area (Å²) in [5.41, 5.74) is 2.20. The van der Waals surface area contributed by atoms with E-state index in [1.807, 2.05) is 40.9 Å². The van der Waals surface area contributed by atoms with Crippen LogP contribution in [0, 0.1) is 0 Å². The van der Waals surface area contributed by atoms with E-state index in [0.29, 0.717) is 11.8 Å². The Bertz CT molecular complexity index is 852. The van der Waals surface area contributed by atoms with Gasteiger partial charge < -0.3 is 14.5 Å². The molecule has 0 N–H and O–H groups in total. The van der Waals surface area contributed by atoms with Crippen LogP contribution in [0.4, 0.5) is 11.4 Å². The number of rotatable bonds is 4. The summed E-state index contributed by atoms with van der Waals surface area (Å²) in [6.07, 6.45) is 1.02. The van der Waals surface area contributed by atoms with Gasteiger partial charge in [0.15, 0.2) is 0 Å². The zero-order valence-corrected chi connectivity index (χ0v) is 18.0. The summed E-state index contributed by atoms with van der Waals surface area (Å²) < 4.78 is 5.51. The van der Waals surface area contributed by atoms with Crippen LogP contribution in [0.3, 0.4) is 0 Å². The van der Waals surface area contributed by atoms with Crippen LogP contribution in [0.15, 0.2) is 53.4 Å². The number of amides is 1. The van der Waals surface area contributed by atoms with Gasteiger partial charge in [-0.2, -0.15) is 0 Å². The topological polar surface area (TPSA) is 36.0 Å². The minimum atomic E-state index is 0.206. The molecule has 5 nitrogen and oxygen atoms in total. The monoisotopic (exact) mass is 411 g/mol. The van der Waals surface area contributed by atoms with Gasteiger partial charge in [0.1, 0.15) is 5.75 Å². The van der Waals surface area contributed by atoms with E-state index in [1.165, 1.54) is 4.90 Å². The van der Waals surface area contributed by atoms with Gasteiger partial charge >= 0.3 is 0 Å². The van der Waals surface area contributed by atoms with Crippen LogP contribution in [0.25, 0.3) is 0 Å². The number of thioether (sulfide) groups is 1. The summed E-state index contributed by atoms with van der Waals surface area (Å²) >= 11 is 1.88. The molecule has 0 radical (unpaired) electrons. The van der Waals surface area contributed by atoms with Crippen molar-refractivity contribution in [2.45, 2.75) is 23.5 Å². The third-order valence-corrected chi connectivity index (χ3v) is 6.94. The first-order valence-electron chi connectivity index (χ1n) is 10.3. The molecule has 1 amide bonds. The van der Waals surface area contributed by atoms with E-state index in [4.69, 9.17) is 4.74 Å².